The number of carbonyl (C=O) groups excluding carboxylic acids is 1. The van der Waals surface area contributed by atoms with Gasteiger partial charge in [0.15, 0.2) is 0 Å². The molecule has 1 aliphatic rings. The molecule has 0 aromatic heterocycles. The summed E-state index contributed by atoms with van der Waals surface area (Å²) in [5.41, 5.74) is 1.85. The van der Waals surface area contributed by atoms with Crippen molar-refractivity contribution in [3.05, 3.63) is 62.2 Å². The molecule has 2 nitrogen and oxygen atoms in total. The minimum Gasteiger partial charge on any atom is -0.345 e. The predicted molar refractivity (Wildman–Crippen MR) is 96.2 cm³/mol. The van der Waals surface area contributed by atoms with Crippen LogP contribution >= 0.6 is 46.0 Å². The maximum atomic E-state index is 12.5. The number of amides is 1. The number of fused-ring (bicyclic) bond motifs is 1. The number of carbonyl (C=O) groups is 1. The molecule has 1 atom stereocenters. The number of benzene rings is 2. The van der Waals surface area contributed by atoms with E-state index in [0.29, 0.717) is 5.02 Å². The lowest BCUT2D eigenvalue weighted by Crippen LogP contribution is -2.31. The van der Waals surface area contributed by atoms with Crippen LogP contribution < -0.4 is 5.32 Å². The molecule has 108 valence electrons. The Morgan fingerprint density at radius 2 is 2.10 bits per heavy atom. The molecule has 0 bridgehead atoms. The Morgan fingerprint density at radius 3 is 2.90 bits per heavy atom. The summed E-state index contributed by atoms with van der Waals surface area (Å²) in [5.74, 6) is 0.980. The molecule has 1 N–H and O–H groups in total. The Balaban J connectivity index is 1.85. The van der Waals surface area contributed by atoms with Gasteiger partial charge in [-0.25, -0.2) is 0 Å². The van der Waals surface area contributed by atoms with Gasteiger partial charge in [-0.05, 0) is 64.9 Å². The van der Waals surface area contributed by atoms with Crippen LogP contribution in [-0.4, -0.2) is 11.7 Å². The Morgan fingerprint density at radius 1 is 1.29 bits per heavy atom. The van der Waals surface area contributed by atoms with E-state index in [1.54, 1.807) is 0 Å². The van der Waals surface area contributed by atoms with Gasteiger partial charge in [-0.2, -0.15) is 0 Å². The largest absolute Gasteiger partial charge is 0.345 e. The molecule has 0 fully saturated rings. The highest BCUT2D eigenvalue weighted by molar-refractivity contribution is 14.1. The highest BCUT2D eigenvalue weighted by Crippen LogP contribution is 2.37. The summed E-state index contributed by atoms with van der Waals surface area (Å²) in [7, 11) is 0. The predicted octanol–water partition coefficient (Wildman–Crippen LogP) is 4.91. The van der Waals surface area contributed by atoms with Gasteiger partial charge in [-0.15, -0.1) is 11.8 Å². The van der Waals surface area contributed by atoms with Crippen molar-refractivity contribution >= 4 is 51.9 Å². The zero-order chi connectivity index (χ0) is 14.8. The third-order valence-corrected chi connectivity index (χ3v) is 5.73. The molecule has 0 saturated carbocycles. The van der Waals surface area contributed by atoms with E-state index < -0.39 is 0 Å². The summed E-state index contributed by atoms with van der Waals surface area (Å²) >= 11 is 10.1. The Kier molecular flexibility index (Phi) is 4.76. The molecule has 2 aromatic rings. The van der Waals surface area contributed by atoms with E-state index in [9.17, 15) is 4.79 Å². The molecule has 0 saturated heterocycles. The van der Waals surface area contributed by atoms with Gasteiger partial charge in [0.2, 0.25) is 0 Å². The van der Waals surface area contributed by atoms with Crippen LogP contribution in [0.15, 0.2) is 47.4 Å². The monoisotopic (exact) mass is 429 g/mol. The quantitative estimate of drug-likeness (QED) is 0.687. The Labute approximate surface area is 146 Å². The van der Waals surface area contributed by atoms with Gasteiger partial charge < -0.3 is 5.32 Å². The molecule has 3 rings (SSSR count). The van der Waals surface area contributed by atoms with Crippen LogP contribution in [0.5, 0.6) is 0 Å². The van der Waals surface area contributed by atoms with E-state index in [0.717, 1.165) is 26.9 Å². The summed E-state index contributed by atoms with van der Waals surface area (Å²) in [6, 6.07) is 13.5. The van der Waals surface area contributed by atoms with E-state index in [1.165, 1.54) is 4.90 Å². The number of hydrogen-bond acceptors (Lipinski definition) is 2. The van der Waals surface area contributed by atoms with Gasteiger partial charge in [0, 0.05) is 19.2 Å². The molecular formula is C16H13ClINOS. The average molecular weight is 430 g/mol. The zero-order valence-corrected chi connectivity index (χ0v) is 14.8. The fraction of sp³-hybridized carbons (Fsp3) is 0.188. The number of nitrogens with one attached hydrogen (secondary N) is 1. The van der Waals surface area contributed by atoms with Crippen molar-refractivity contribution in [2.45, 2.75) is 17.4 Å². The minimum absolute atomic E-state index is 0.0252. The first kappa shape index (κ1) is 15.2. The van der Waals surface area contributed by atoms with Crippen molar-refractivity contribution in [3.63, 3.8) is 0 Å². The highest BCUT2D eigenvalue weighted by atomic mass is 127. The molecule has 0 aliphatic carbocycles. The average Bonchev–Trinajstić information content (AvgIpc) is 2.48. The SMILES string of the molecule is O=C(NC1CCSc2ccc(Cl)cc21)c1ccccc1I. The maximum absolute atomic E-state index is 12.5. The number of thioether (sulfide) groups is 1. The lowest BCUT2D eigenvalue weighted by molar-refractivity contribution is 0.0934. The van der Waals surface area contributed by atoms with Gasteiger partial charge in [0.1, 0.15) is 0 Å². The van der Waals surface area contributed by atoms with Crippen molar-refractivity contribution in [2.75, 3.05) is 5.75 Å². The summed E-state index contributed by atoms with van der Waals surface area (Å²) in [6.07, 6.45) is 0.924. The third kappa shape index (κ3) is 3.38. The van der Waals surface area contributed by atoms with Crippen LogP contribution in [0, 0.1) is 3.57 Å². The van der Waals surface area contributed by atoms with Gasteiger partial charge >= 0.3 is 0 Å². The van der Waals surface area contributed by atoms with Crippen molar-refractivity contribution in [2.24, 2.45) is 0 Å². The van der Waals surface area contributed by atoms with Crippen LogP contribution in [0.1, 0.15) is 28.4 Å². The summed E-state index contributed by atoms with van der Waals surface area (Å²) < 4.78 is 0.962. The van der Waals surface area contributed by atoms with Crippen molar-refractivity contribution in [3.8, 4) is 0 Å². The van der Waals surface area contributed by atoms with Gasteiger partial charge in [-0.3, -0.25) is 4.79 Å². The van der Waals surface area contributed by atoms with Crippen molar-refractivity contribution in [1.82, 2.24) is 5.32 Å². The van der Waals surface area contributed by atoms with Crippen LogP contribution in [-0.2, 0) is 0 Å². The second-order valence-corrected chi connectivity index (χ2v) is 7.56. The van der Waals surface area contributed by atoms with E-state index in [4.69, 9.17) is 11.6 Å². The summed E-state index contributed by atoms with van der Waals surface area (Å²) in [5, 5.41) is 3.86. The number of hydrogen-bond donors (Lipinski definition) is 1. The van der Waals surface area contributed by atoms with E-state index >= 15 is 0 Å². The maximum Gasteiger partial charge on any atom is 0.252 e. The smallest absolute Gasteiger partial charge is 0.252 e. The molecule has 0 radical (unpaired) electrons. The van der Waals surface area contributed by atoms with Crippen molar-refractivity contribution in [1.29, 1.82) is 0 Å². The van der Waals surface area contributed by atoms with Gasteiger partial charge in [0.25, 0.3) is 5.91 Å². The van der Waals surface area contributed by atoms with Crippen LogP contribution in [0.2, 0.25) is 5.02 Å². The zero-order valence-electron chi connectivity index (χ0n) is 11.1. The topological polar surface area (TPSA) is 29.1 Å². The second-order valence-electron chi connectivity index (χ2n) is 4.83. The molecule has 21 heavy (non-hydrogen) atoms. The number of halogens is 2. The fourth-order valence-electron chi connectivity index (χ4n) is 2.40. The van der Waals surface area contributed by atoms with Crippen LogP contribution in [0.4, 0.5) is 0 Å². The molecule has 0 spiro atoms. The normalized spacial score (nSPS) is 17.1. The lowest BCUT2D eigenvalue weighted by Gasteiger charge is -2.26. The molecule has 1 heterocycles. The molecule has 5 heteroatoms. The van der Waals surface area contributed by atoms with Gasteiger partial charge in [-0.1, -0.05) is 23.7 Å². The molecule has 1 aliphatic heterocycles. The fourth-order valence-corrected chi connectivity index (χ4v) is 4.32. The first-order chi connectivity index (χ1) is 10.1. The molecule has 1 unspecified atom stereocenters. The number of rotatable bonds is 2. The molecule has 2 aromatic carbocycles. The van der Waals surface area contributed by atoms with Crippen molar-refractivity contribution < 1.29 is 4.79 Å². The lowest BCUT2D eigenvalue weighted by atomic mass is 10.0. The Hall–Kier alpha value is -0.720. The Bertz CT molecular complexity index is 692. The van der Waals surface area contributed by atoms with Crippen LogP contribution in [0.25, 0.3) is 0 Å². The van der Waals surface area contributed by atoms with Crippen LogP contribution in [0.3, 0.4) is 0 Å². The second kappa shape index (κ2) is 6.58. The first-order valence-corrected chi connectivity index (χ1v) is 9.07. The first-order valence-electron chi connectivity index (χ1n) is 6.63. The van der Waals surface area contributed by atoms with E-state index in [1.807, 2.05) is 54.2 Å². The summed E-state index contributed by atoms with van der Waals surface area (Å²) in [4.78, 5) is 13.7. The molecule has 1 amide bonds. The third-order valence-electron chi connectivity index (χ3n) is 3.44. The standard InChI is InChI=1S/C16H13ClINOS/c17-10-5-6-15-12(9-10)14(7-8-21-15)19-16(20)11-3-1-2-4-13(11)18/h1-6,9,14H,7-8H2,(H,19,20). The van der Waals surface area contributed by atoms with E-state index in [-0.39, 0.29) is 11.9 Å². The molecular weight excluding hydrogens is 417 g/mol. The highest BCUT2D eigenvalue weighted by Gasteiger charge is 2.23. The van der Waals surface area contributed by atoms with E-state index in [2.05, 4.69) is 27.9 Å². The van der Waals surface area contributed by atoms with Gasteiger partial charge in [0.05, 0.1) is 11.6 Å². The minimum atomic E-state index is -0.0252. The summed E-state index contributed by atoms with van der Waals surface area (Å²) in [6.45, 7) is 0.